The molecule has 4 aromatic rings. The summed E-state index contributed by atoms with van der Waals surface area (Å²) in [6, 6.07) is 18.4. The van der Waals surface area contributed by atoms with E-state index in [2.05, 4.69) is 195 Å². The molecule has 4 aromatic carbocycles. The summed E-state index contributed by atoms with van der Waals surface area (Å²) in [5.41, 5.74) is 12.3. The highest BCUT2D eigenvalue weighted by Crippen LogP contribution is 2.56. The Bertz CT molecular complexity index is 1710. The molecule has 0 atom stereocenters. The van der Waals surface area contributed by atoms with Crippen LogP contribution in [-0.2, 0) is 21.7 Å². The van der Waals surface area contributed by atoms with E-state index in [1.807, 2.05) is 0 Å². The first kappa shape index (κ1) is 45.1. The van der Waals surface area contributed by atoms with Crippen molar-refractivity contribution >= 4 is 63.7 Å². The highest BCUT2D eigenvalue weighted by molar-refractivity contribution is 9.10. The van der Waals surface area contributed by atoms with Crippen molar-refractivity contribution in [2.75, 3.05) is 28.4 Å². The van der Waals surface area contributed by atoms with E-state index in [0.29, 0.717) is 0 Å². The summed E-state index contributed by atoms with van der Waals surface area (Å²) in [5.74, 6) is 3.21. The van der Waals surface area contributed by atoms with Gasteiger partial charge in [0.1, 0.15) is 23.0 Å². The number of methoxy groups -OCH3 is 4. The van der Waals surface area contributed by atoms with E-state index in [-0.39, 0.29) is 41.0 Å². The molecule has 0 saturated carbocycles. The number of fused-ring (bicyclic) bond motifs is 8. The van der Waals surface area contributed by atoms with Gasteiger partial charge in [-0.25, -0.2) is 0 Å². The maximum absolute atomic E-state index is 6.49. The van der Waals surface area contributed by atoms with Crippen molar-refractivity contribution in [2.45, 2.75) is 124 Å². The Morgan fingerprint density at radius 1 is 0.304 bits per heavy atom. The van der Waals surface area contributed by atoms with E-state index in [4.69, 9.17) is 18.9 Å². The van der Waals surface area contributed by atoms with Gasteiger partial charge < -0.3 is 18.9 Å². The van der Waals surface area contributed by atoms with Crippen molar-refractivity contribution in [3.63, 3.8) is 0 Å². The molecule has 5 rings (SSSR count). The molecule has 4 nitrogen and oxygen atoms in total. The Balaban J connectivity index is 2.10. The lowest BCUT2D eigenvalue weighted by Crippen LogP contribution is -2.18. The lowest BCUT2D eigenvalue weighted by atomic mass is 9.79. The summed E-state index contributed by atoms with van der Waals surface area (Å²) in [4.78, 5) is -1.15. The van der Waals surface area contributed by atoms with Crippen molar-refractivity contribution in [3.8, 4) is 23.0 Å². The second kappa shape index (κ2) is 16.2. The van der Waals surface area contributed by atoms with Gasteiger partial charge in [-0.3, -0.25) is 0 Å². The molecule has 0 radical (unpaired) electrons. The summed E-state index contributed by atoms with van der Waals surface area (Å²) in [7, 11) is 7.09. The standard InChI is InChI=1S/C48H60Br4O4/c1-45(2,3)25-17-29-37(49)31-19-26(46(4,5)6)21-33(42(31)54-14)39(51)35-23-28(48(10,11)12)24-36(44(35)56-16)40(52)34-22-27(47(7,8)9)20-32(43(34)55-15)38(50)30(18-25)41(29)53-13/h17-24,37-40H,1-16H3. The predicted molar refractivity (Wildman–Crippen MR) is 250 cm³/mol. The molecule has 0 aliphatic heterocycles. The van der Waals surface area contributed by atoms with E-state index in [1.165, 1.54) is 22.3 Å². The van der Waals surface area contributed by atoms with Gasteiger partial charge >= 0.3 is 0 Å². The quantitative estimate of drug-likeness (QED) is 0.191. The minimum atomic E-state index is -0.287. The van der Waals surface area contributed by atoms with Crippen LogP contribution in [0.2, 0.25) is 0 Å². The molecule has 0 unspecified atom stereocenters. The Morgan fingerprint density at radius 2 is 0.429 bits per heavy atom. The molecule has 1 aliphatic rings. The summed E-state index contributed by atoms with van der Waals surface area (Å²) in [6.07, 6.45) is 0. The van der Waals surface area contributed by atoms with Crippen molar-refractivity contribution < 1.29 is 18.9 Å². The average Bonchev–Trinajstić information content (AvgIpc) is 3.12. The van der Waals surface area contributed by atoms with E-state index >= 15 is 0 Å². The number of alkyl halides is 4. The van der Waals surface area contributed by atoms with Crippen LogP contribution in [0, 0.1) is 0 Å². The topological polar surface area (TPSA) is 36.9 Å². The fourth-order valence-corrected chi connectivity index (χ4v) is 10.3. The molecular formula is C48H60Br4O4. The zero-order valence-electron chi connectivity index (χ0n) is 36.1. The summed E-state index contributed by atoms with van der Waals surface area (Å²) >= 11 is 17.1. The Labute approximate surface area is 370 Å². The third-order valence-corrected chi connectivity index (χ3v) is 15.0. The second-order valence-corrected chi connectivity index (χ2v) is 22.9. The number of hydrogen-bond acceptors (Lipinski definition) is 4. The molecule has 0 fully saturated rings. The second-order valence-electron chi connectivity index (χ2n) is 19.2. The fourth-order valence-electron chi connectivity index (χ4n) is 7.55. The van der Waals surface area contributed by atoms with Crippen LogP contribution in [0.4, 0.5) is 0 Å². The monoisotopic (exact) mass is 1020 g/mol. The first-order valence-electron chi connectivity index (χ1n) is 19.3. The van der Waals surface area contributed by atoms with Crippen LogP contribution < -0.4 is 18.9 Å². The zero-order valence-corrected chi connectivity index (χ0v) is 42.4. The molecule has 0 N–H and O–H groups in total. The van der Waals surface area contributed by atoms with Gasteiger partial charge in [0.25, 0.3) is 0 Å². The molecule has 304 valence electrons. The summed E-state index contributed by atoms with van der Waals surface area (Å²) in [5, 5.41) is 0. The van der Waals surface area contributed by atoms with Gasteiger partial charge in [-0.05, 0) is 43.9 Å². The van der Waals surface area contributed by atoms with Crippen LogP contribution in [0.15, 0.2) is 48.5 Å². The maximum atomic E-state index is 6.49. The molecule has 0 spiro atoms. The van der Waals surface area contributed by atoms with Crippen LogP contribution in [0.25, 0.3) is 0 Å². The van der Waals surface area contributed by atoms with Gasteiger partial charge in [0.05, 0.1) is 47.7 Å². The molecule has 0 heterocycles. The normalized spacial score (nSPS) is 19.1. The fraction of sp³-hybridized carbons (Fsp3) is 0.500. The van der Waals surface area contributed by atoms with E-state index in [9.17, 15) is 0 Å². The number of halogens is 4. The van der Waals surface area contributed by atoms with Crippen molar-refractivity contribution in [1.29, 1.82) is 0 Å². The highest BCUT2D eigenvalue weighted by atomic mass is 79.9. The zero-order chi connectivity index (χ0) is 42.0. The first-order valence-corrected chi connectivity index (χ1v) is 22.9. The Kier molecular flexibility index (Phi) is 13.1. The first-order chi connectivity index (χ1) is 25.8. The van der Waals surface area contributed by atoms with Crippen LogP contribution in [0.5, 0.6) is 23.0 Å². The number of rotatable bonds is 4. The molecule has 8 heteroatoms. The highest BCUT2D eigenvalue weighted by Gasteiger charge is 2.36. The largest absolute Gasteiger partial charge is 0.496 e. The molecule has 56 heavy (non-hydrogen) atoms. The predicted octanol–water partition coefficient (Wildman–Crippen LogP) is 15.2. The van der Waals surface area contributed by atoms with E-state index in [0.717, 1.165) is 67.5 Å². The number of ether oxygens (including phenoxy) is 4. The van der Waals surface area contributed by atoms with Gasteiger partial charge in [0, 0.05) is 44.5 Å². The molecular weight excluding hydrogens is 960 g/mol. The van der Waals surface area contributed by atoms with Gasteiger partial charge in [-0.15, -0.1) is 0 Å². The van der Waals surface area contributed by atoms with Crippen LogP contribution in [0.1, 0.15) is 169 Å². The third-order valence-electron chi connectivity index (χ3n) is 11.1. The lowest BCUT2D eigenvalue weighted by Gasteiger charge is -2.32. The molecule has 0 amide bonds. The molecule has 0 aromatic heterocycles. The van der Waals surface area contributed by atoms with Crippen LogP contribution >= 0.6 is 63.7 Å². The SMILES string of the molecule is COc1c2cc(C(C)(C)C)cc1C(Br)c1cc(C(C)(C)C)cc(c1OC)C(Br)c1cc(C(C)(C)C)cc(c1OC)C(Br)c1cc(C(C)(C)C)cc(c1OC)C2Br. The Morgan fingerprint density at radius 3 is 0.518 bits per heavy atom. The Hall–Kier alpha value is -2.00. The van der Waals surface area contributed by atoms with E-state index in [1.54, 1.807) is 28.4 Å². The number of hydrogen-bond donors (Lipinski definition) is 0. The molecule has 8 bridgehead atoms. The average molecular weight is 1020 g/mol. The minimum absolute atomic E-state index is 0.160. The lowest BCUT2D eigenvalue weighted by molar-refractivity contribution is 0.394. The van der Waals surface area contributed by atoms with Crippen LogP contribution in [0.3, 0.4) is 0 Å². The van der Waals surface area contributed by atoms with Gasteiger partial charge in [-0.2, -0.15) is 0 Å². The van der Waals surface area contributed by atoms with Crippen molar-refractivity contribution in [1.82, 2.24) is 0 Å². The smallest absolute Gasteiger partial charge is 0.128 e. The van der Waals surface area contributed by atoms with Gasteiger partial charge in [0.15, 0.2) is 0 Å². The summed E-state index contributed by atoms with van der Waals surface area (Å²) < 4.78 is 26.0. The third kappa shape index (κ3) is 8.52. The molecule has 0 saturated heterocycles. The van der Waals surface area contributed by atoms with E-state index < -0.39 is 0 Å². The van der Waals surface area contributed by atoms with Gasteiger partial charge in [0.2, 0.25) is 0 Å². The van der Waals surface area contributed by atoms with Crippen molar-refractivity contribution in [3.05, 3.63) is 115 Å². The van der Waals surface area contributed by atoms with Gasteiger partial charge in [-0.1, -0.05) is 195 Å². The number of benzene rings is 4. The van der Waals surface area contributed by atoms with Crippen LogP contribution in [-0.4, -0.2) is 28.4 Å². The summed E-state index contributed by atoms with van der Waals surface area (Å²) in [6.45, 7) is 27.1. The van der Waals surface area contributed by atoms with Crippen molar-refractivity contribution in [2.24, 2.45) is 0 Å². The maximum Gasteiger partial charge on any atom is 0.128 e. The molecule has 1 aliphatic carbocycles. The minimum Gasteiger partial charge on any atom is -0.496 e.